The van der Waals surface area contributed by atoms with Crippen molar-refractivity contribution in [2.45, 2.75) is 6.92 Å². The Bertz CT molecular complexity index is 263. The molecule has 11 heavy (non-hydrogen) atoms. The van der Waals surface area contributed by atoms with Crippen molar-refractivity contribution in [2.75, 3.05) is 12.0 Å². The highest BCUT2D eigenvalue weighted by Crippen LogP contribution is 1.74. The summed E-state index contributed by atoms with van der Waals surface area (Å²) in [6.07, 6.45) is 0.715. The summed E-state index contributed by atoms with van der Waals surface area (Å²) in [5.74, 6) is -0.201. The van der Waals surface area contributed by atoms with E-state index in [1.165, 1.54) is 6.92 Å². The first-order valence-corrected chi connectivity index (χ1v) is 5.89. The van der Waals surface area contributed by atoms with Gasteiger partial charge in [-0.2, -0.15) is 16.8 Å². The average Bonchev–Trinajstić information content (AvgIpc) is 1.59. The first-order chi connectivity index (χ1) is 4.56. The summed E-state index contributed by atoms with van der Waals surface area (Å²) in [7, 11) is -7.33. The zero-order valence-electron chi connectivity index (χ0n) is 6.05. The molecule has 0 aromatic heterocycles. The van der Waals surface area contributed by atoms with Gasteiger partial charge in [-0.25, -0.2) is 0 Å². The van der Waals surface area contributed by atoms with Gasteiger partial charge in [-0.1, -0.05) is 0 Å². The van der Waals surface area contributed by atoms with Crippen LogP contribution in [0.25, 0.3) is 0 Å². The monoisotopic (exact) mass is 206 g/mol. The van der Waals surface area contributed by atoms with Crippen molar-refractivity contribution in [3.8, 4) is 0 Å². The molecule has 8 heteroatoms. The van der Waals surface area contributed by atoms with E-state index in [2.05, 4.69) is 0 Å². The Kier molecular flexibility index (Phi) is 5.67. The zero-order chi connectivity index (χ0) is 9.71. The molecule has 0 aliphatic rings. The molecule has 0 bridgehead atoms. The first kappa shape index (κ1) is 13.4. The van der Waals surface area contributed by atoms with Crippen molar-refractivity contribution in [3.05, 3.63) is 0 Å². The largest absolute Gasteiger partial charge is 0.286 e. The molecule has 2 N–H and O–H groups in total. The van der Waals surface area contributed by atoms with Crippen LogP contribution in [0.1, 0.15) is 6.92 Å². The molecular formula is C3H10O6S2. The highest BCUT2D eigenvalue weighted by molar-refractivity contribution is 7.85. The lowest BCUT2D eigenvalue weighted by Crippen LogP contribution is -1.97. The molecule has 0 aliphatic carbocycles. The molecule has 0 saturated heterocycles. The molecule has 6 nitrogen and oxygen atoms in total. The predicted molar refractivity (Wildman–Crippen MR) is 39.6 cm³/mol. The summed E-state index contributed by atoms with van der Waals surface area (Å²) in [6.45, 7) is 1.37. The van der Waals surface area contributed by atoms with E-state index in [1.54, 1.807) is 0 Å². The summed E-state index contributed by atoms with van der Waals surface area (Å²) in [5.41, 5.74) is 0. The highest BCUT2D eigenvalue weighted by Gasteiger charge is 1.93. The normalized spacial score (nSPS) is 11.6. The van der Waals surface area contributed by atoms with E-state index in [4.69, 9.17) is 9.11 Å². The van der Waals surface area contributed by atoms with E-state index in [9.17, 15) is 16.8 Å². The van der Waals surface area contributed by atoms with Gasteiger partial charge < -0.3 is 0 Å². The summed E-state index contributed by atoms with van der Waals surface area (Å²) < 4.78 is 52.8. The molecule has 0 rings (SSSR count). The van der Waals surface area contributed by atoms with Crippen LogP contribution in [-0.4, -0.2) is 37.9 Å². The summed E-state index contributed by atoms with van der Waals surface area (Å²) in [4.78, 5) is 0. The fourth-order valence-electron chi connectivity index (χ4n) is 0. The van der Waals surface area contributed by atoms with Crippen LogP contribution in [0.5, 0.6) is 0 Å². The van der Waals surface area contributed by atoms with Crippen molar-refractivity contribution in [1.29, 1.82) is 0 Å². The van der Waals surface area contributed by atoms with E-state index in [-0.39, 0.29) is 5.75 Å². The van der Waals surface area contributed by atoms with E-state index in [0.717, 1.165) is 0 Å². The Morgan fingerprint density at radius 2 is 1.18 bits per heavy atom. The molecule has 70 valence electrons. The molecule has 0 aromatic carbocycles. The van der Waals surface area contributed by atoms with Crippen LogP contribution in [0.3, 0.4) is 0 Å². The second kappa shape index (κ2) is 4.65. The van der Waals surface area contributed by atoms with Gasteiger partial charge >= 0.3 is 0 Å². The van der Waals surface area contributed by atoms with Crippen LogP contribution >= 0.6 is 0 Å². The van der Waals surface area contributed by atoms with Crippen LogP contribution in [-0.2, 0) is 20.2 Å². The summed E-state index contributed by atoms with van der Waals surface area (Å²) >= 11 is 0. The second-order valence-electron chi connectivity index (χ2n) is 1.60. The van der Waals surface area contributed by atoms with Gasteiger partial charge in [0.05, 0.1) is 12.0 Å². The first-order valence-electron chi connectivity index (χ1n) is 2.44. The summed E-state index contributed by atoms with van der Waals surface area (Å²) in [6, 6.07) is 0. The number of hydrogen-bond donors (Lipinski definition) is 2. The zero-order valence-corrected chi connectivity index (χ0v) is 7.68. The molecular weight excluding hydrogens is 196 g/mol. The molecule has 0 aliphatic heterocycles. The lowest BCUT2D eigenvalue weighted by Gasteiger charge is -1.79. The van der Waals surface area contributed by atoms with Crippen LogP contribution in [0, 0.1) is 0 Å². The standard InChI is InChI=1S/C2H6O3S.CH4O3S/c1-2-6(3,4)5;1-5(2,3)4/h2H2,1H3,(H,3,4,5);1H3,(H,2,3,4). The third kappa shape index (κ3) is 75.5. The molecule has 0 atom stereocenters. The molecule has 0 fully saturated rings. The third-order valence-electron chi connectivity index (χ3n) is 0.365. The molecule has 0 saturated carbocycles. The van der Waals surface area contributed by atoms with Crippen molar-refractivity contribution in [1.82, 2.24) is 0 Å². The predicted octanol–water partition coefficient (Wildman–Crippen LogP) is -0.602. The third-order valence-corrected chi connectivity index (χ3v) is 1.09. The maximum atomic E-state index is 9.56. The number of hydrogen-bond acceptors (Lipinski definition) is 4. The minimum atomic E-state index is -3.67. The van der Waals surface area contributed by atoms with Crippen LogP contribution in [0.4, 0.5) is 0 Å². The highest BCUT2D eigenvalue weighted by atomic mass is 32.2. The van der Waals surface area contributed by atoms with Crippen LogP contribution in [0.15, 0.2) is 0 Å². The van der Waals surface area contributed by atoms with Gasteiger partial charge in [-0.15, -0.1) is 0 Å². The lowest BCUT2D eigenvalue weighted by molar-refractivity contribution is 0.484. The van der Waals surface area contributed by atoms with Gasteiger partial charge in [0.25, 0.3) is 20.2 Å². The van der Waals surface area contributed by atoms with Crippen LogP contribution in [0.2, 0.25) is 0 Å². The van der Waals surface area contributed by atoms with E-state index < -0.39 is 20.2 Å². The fourth-order valence-corrected chi connectivity index (χ4v) is 0. The molecule has 0 spiro atoms. The van der Waals surface area contributed by atoms with Crippen LogP contribution < -0.4 is 0 Å². The molecule has 0 radical (unpaired) electrons. The Balaban J connectivity index is 0. The van der Waals surface area contributed by atoms with Gasteiger partial charge in [0.1, 0.15) is 0 Å². The van der Waals surface area contributed by atoms with Gasteiger partial charge in [-0.05, 0) is 6.92 Å². The maximum absolute atomic E-state index is 9.56. The average molecular weight is 206 g/mol. The Hall–Kier alpha value is -0.180. The van der Waals surface area contributed by atoms with Crippen molar-refractivity contribution < 1.29 is 25.9 Å². The quantitative estimate of drug-likeness (QED) is 0.554. The summed E-state index contributed by atoms with van der Waals surface area (Å²) in [5, 5.41) is 0. The van der Waals surface area contributed by atoms with Gasteiger partial charge in [-0.3, -0.25) is 9.11 Å². The Morgan fingerprint density at radius 1 is 1.09 bits per heavy atom. The second-order valence-corrected chi connectivity index (χ2v) is 4.81. The van der Waals surface area contributed by atoms with Gasteiger partial charge in [0.2, 0.25) is 0 Å². The Labute approximate surface area is 65.7 Å². The fraction of sp³-hybridized carbons (Fsp3) is 1.00. The number of rotatable bonds is 1. The van der Waals surface area contributed by atoms with Gasteiger partial charge in [0.15, 0.2) is 0 Å². The lowest BCUT2D eigenvalue weighted by atomic mass is 11.0. The van der Waals surface area contributed by atoms with E-state index >= 15 is 0 Å². The molecule has 0 unspecified atom stereocenters. The minimum absolute atomic E-state index is 0.201. The van der Waals surface area contributed by atoms with Crippen molar-refractivity contribution in [2.24, 2.45) is 0 Å². The SMILES string of the molecule is CCS(=O)(=O)O.CS(=O)(=O)O. The maximum Gasteiger partial charge on any atom is 0.264 e. The minimum Gasteiger partial charge on any atom is -0.286 e. The topological polar surface area (TPSA) is 109 Å². The smallest absolute Gasteiger partial charge is 0.264 e. The van der Waals surface area contributed by atoms with Crippen molar-refractivity contribution in [3.63, 3.8) is 0 Å². The molecule has 0 heterocycles. The van der Waals surface area contributed by atoms with Gasteiger partial charge in [0, 0.05) is 0 Å². The van der Waals surface area contributed by atoms with E-state index in [0.29, 0.717) is 6.26 Å². The molecule has 0 aromatic rings. The van der Waals surface area contributed by atoms with Crippen molar-refractivity contribution >= 4 is 20.2 Å². The Morgan fingerprint density at radius 3 is 1.18 bits per heavy atom. The molecule has 0 amide bonds. The van der Waals surface area contributed by atoms with E-state index in [1.807, 2.05) is 0 Å².